The van der Waals surface area contributed by atoms with E-state index in [0.717, 1.165) is 24.0 Å². The monoisotopic (exact) mass is 257 g/mol. The predicted octanol–water partition coefficient (Wildman–Crippen LogP) is 3.52. The molecule has 0 aliphatic carbocycles. The number of pyridine rings is 1. The number of nitrogens with one attached hydrogen (secondary N) is 1. The molecule has 1 heterocycles. The number of hydrogen-bond acceptors (Lipinski definition) is 4. The Morgan fingerprint density at radius 2 is 2.21 bits per heavy atom. The summed E-state index contributed by atoms with van der Waals surface area (Å²) < 4.78 is 0. The molecule has 0 aliphatic rings. The number of allylic oxidation sites excluding steroid dienone is 1. The highest BCUT2D eigenvalue weighted by Gasteiger charge is 2.13. The second-order valence-electron chi connectivity index (χ2n) is 4.10. The Kier molecular flexibility index (Phi) is 4.07. The SMILES string of the molecule is C/C=C/CCNc1ccc([N+](=O)[O-])c2ccncc12. The van der Waals surface area contributed by atoms with Crippen molar-refractivity contribution in [2.75, 3.05) is 11.9 Å². The summed E-state index contributed by atoms with van der Waals surface area (Å²) in [5, 5.41) is 15.6. The standard InChI is InChI=1S/C14H15N3O2/c1-2-3-4-8-16-13-5-6-14(17(18)19)11-7-9-15-10-12(11)13/h2-3,5-7,9-10,16H,4,8H2,1H3/b3-2+. The van der Waals surface area contributed by atoms with Gasteiger partial charge in [0, 0.05) is 36.1 Å². The van der Waals surface area contributed by atoms with Gasteiger partial charge < -0.3 is 5.32 Å². The van der Waals surface area contributed by atoms with E-state index in [1.807, 2.05) is 13.0 Å². The Morgan fingerprint density at radius 3 is 2.95 bits per heavy atom. The van der Waals surface area contributed by atoms with Gasteiger partial charge in [0.25, 0.3) is 5.69 Å². The second-order valence-corrected chi connectivity index (χ2v) is 4.10. The van der Waals surface area contributed by atoms with Gasteiger partial charge in [0.05, 0.1) is 10.3 Å². The first-order valence-corrected chi connectivity index (χ1v) is 6.10. The molecule has 0 fully saturated rings. The molecule has 0 saturated carbocycles. The minimum Gasteiger partial charge on any atom is -0.384 e. The van der Waals surface area contributed by atoms with Gasteiger partial charge in [-0.2, -0.15) is 0 Å². The van der Waals surface area contributed by atoms with E-state index in [1.165, 1.54) is 6.07 Å². The lowest BCUT2D eigenvalue weighted by Crippen LogP contribution is -2.01. The van der Waals surface area contributed by atoms with Gasteiger partial charge in [0.1, 0.15) is 0 Å². The fourth-order valence-electron chi connectivity index (χ4n) is 1.94. The zero-order chi connectivity index (χ0) is 13.7. The normalized spacial score (nSPS) is 11.0. The topological polar surface area (TPSA) is 68.1 Å². The number of nitro groups is 1. The number of fused-ring (bicyclic) bond motifs is 1. The van der Waals surface area contributed by atoms with Crippen molar-refractivity contribution in [3.63, 3.8) is 0 Å². The van der Waals surface area contributed by atoms with Crippen LogP contribution in [-0.2, 0) is 0 Å². The molecule has 2 aromatic rings. The van der Waals surface area contributed by atoms with E-state index >= 15 is 0 Å². The van der Waals surface area contributed by atoms with Crippen molar-refractivity contribution < 1.29 is 4.92 Å². The predicted molar refractivity (Wildman–Crippen MR) is 76.3 cm³/mol. The van der Waals surface area contributed by atoms with Gasteiger partial charge in [0.2, 0.25) is 0 Å². The number of rotatable bonds is 5. The number of anilines is 1. The second kappa shape index (κ2) is 5.95. The van der Waals surface area contributed by atoms with Crippen molar-refractivity contribution >= 4 is 22.1 Å². The molecule has 0 saturated heterocycles. The van der Waals surface area contributed by atoms with Crippen molar-refractivity contribution in [2.24, 2.45) is 0 Å². The fourth-order valence-corrected chi connectivity index (χ4v) is 1.94. The van der Waals surface area contributed by atoms with Gasteiger partial charge >= 0.3 is 0 Å². The van der Waals surface area contributed by atoms with Crippen LogP contribution < -0.4 is 5.32 Å². The third-order valence-corrected chi connectivity index (χ3v) is 2.85. The summed E-state index contributed by atoms with van der Waals surface area (Å²) in [5.41, 5.74) is 0.981. The third kappa shape index (κ3) is 2.88. The van der Waals surface area contributed by atoms with E-state index < -0.39 is 0 Å². The number of nitrogens with zero attached hydrogens (tertiary/aromatic N) is 2. The quantitative estimate of drug-likeness (QED) is 0.385. The summed E-state index contributed by atoms with van der Waals surface area (Å²) >= 11 is 0. The zero-order valence-electron chi connectivity index (χ0n) is 10.7. The Labute approximate surface area is 111 Å². The van der Waals surface area contributed by atoms with Crippen LogP contribution in [-0.4, -0.2) is 16.5 Å². The van der Waals surface area contributed by atoms with E-state index in [-0.39, 0.29) is 10.6 Å². The van der Waals surface area contributed by atoms with E-state index in [0.29, 0.717) is 5.39 Å². The fraction of sp³-hybridized carbons (Fsp3) is 0.214. The minimum absolute atomic E-state index is 0.108. The van der Waals surface area contributed by atoms with Crippen LogP contribution in [0.5, 0.6) is 0 Å². The first kappa shape index (κ1) is 13.0. The summed E-state index contributed by atoms with van der Waals surface area (Å²) in [6, 6.07) is 4.93. The Morgan fingerprint density at radius 1 is 1.37 bits per heavy atom. The molecular formula is C14H15N3O2. The lowest BCUT2D eigenvalue weighted by molar-refractivity contribution is -0.383. The van der Waals surface area contributed by atoms with Gasteiger partial charge in [-0.15, -0.1) is 0 Å². The maximum Gasteiger partial charge on any atom is 0.277 e. The maximum absolute atomic E-state index is 11.0. The average Bonchev–Trinajstić information content (AvgIpc) is 2.43. The van der Waals surface area contributed by atoms with Crippen LogP contribution in [0.1, 0.15) is 13.3 Å². The molecule has 0 unspecified atom stereocenters. The number of hydrogen-bond donors (Lipinski definition) is 1. The zero-order valence-corrected chi connectivity index (χ0v) is 10.7. The first-order chi connectivity index (χ1) is 9.24. The van der Waals surface area contributed by atoms with Crippen LogP contribution in [0.25, 0.3) is 10.8 Å². The number of aromatic nitrogens is 1. The van der Waals surface area contributed by atoms with Gasteiger partial charge in [-0.3, -0.25) is 15.1 Å². The van der Waals surface area contributed by atoms with Crippen LogP contribution >= 0.6 is 0 Å². The molecule has 0 bridgehead atoms. The molecule has 98 valence electrons. The molecule has 1 aromatic heterocycles. The van der Waals surface area contributed by atoms with Gasteiger partial charge in [-0.25, -0.2) is 0 Å². The highest BCUT2D eigenvalue weighted by Crippen LogP contribution is 2.30. The molecule has 1 N–H and O–H groups in total. The molecule has 5 nitrogen and oxygen atoms in total. The van der Waals surface area contributed by atoms with E-state index in [2.05, 4.69) is 16.4 Å². The largest absolute Gasteiger partial charge is 0.384 e. The van der Waals surface area contributed by atoms with Crippen molar-refractivity contribution in [3.05, 3.63) is 52.9 Å². The van der Waals surface area contributed by atoms with Gasteiger partial charge in [0.15, 0.2) is 0 Å². The van der Waals surface area contributed by atoms with Gasteiger partial charge in [-0.05, 0) is 25.5 Å². The van der Waals surface area contributed by atoms with E-state index in [9.17, 15) is 10.1 Å². The smallest absolute Gasteiger partial charge is 0.277 e. The lowest BCUT2D eigenvalue weighted by Gasteiger charge is -2.08. The highest BCUT2D eigenvalue weighted by atomic mass is 16.6. The highest BCUT2D eigenvalue weighted by molar-refractivity contribution is 5.99. The Balaban J connectivity index is 2.35. The van der Waals surface area contributed by atoms with Crippen molar-refractivity contribution in [2.45, 2.75) is 13.3 Å². The molecule has 0 atom stereocenters. The molecule has 0 amide bonds. The Hall–Kier alpha value is -2.43. The van der Waals surface area contributed by atoms with Crippen molar-refractivity contribution in [1.82, 2.24) is 4.98 Å². The molecule has 0 aliphatic heterocycles. The van der Waals surface area contributed by atoms with E-state index in [1.54, 1.807) is 24.5 Å². The molecule has 5 heteroatoms. The van der Waals surface area contributed by atoms with Gasteiger partial charge in [-0.1, -0.05) is 12.2 Å². The van der Waals surface area contributed by atoms with Crippen molar-refractivity contribution in [1.29, 1.82) is 0 Å². The van der Waals surface area contributed by atoms with Crippen molar-refractivity contribution in [3.8, 4) is 0 Å². The molecule has 0 spiro atoms. The average molecular weight is 257 g/mol. The van der Waals surface area contributed by atoms with Crippen LogP contribution in [0.2, 0.25) is 0 Å². The maximum atomic E-state index is 11.0. The molecular weight excluding hydrogens is 242 g/mol. The molecule has 2 rings (SSSR count). The first-order valence-electron chi connectivity index (χ1n) is 6.10. The number of non-ortho nitro benzene ring substituents is 1. The minimum atomic E-state index is -0.369. The molecule has 1 aromatic carbocycles. The third-order valence-electron chi connectivity index (χ3n) is 2.85. The summed E-state index contributed by atoms with van der Waals surface area (Å²) in [6.45, 7) is 2.76. The van der Waals surface area contributed by atoms with Crippen LogP contribution in [0.4, 0.5) is 11.4 Å². The van der Waals surface area contributed by atoms with Crippen LogP contribution in [0, 0.1) is 10.1 Å². The summed E-state index contributed by atoms with van der Waals surface area (Å²) in [4.78, 5) is 14.7. The number of nitro benzene ring substituents is 1. The Bertz CT molecular complexity index is 623. The van der Waals surface area contributed by atoms with Crippen LogP contribution in [0.3, 0.4) is 0 Å². The summed E-state index contributed by atoms with van der Waals surface area (Å²) in [7, 11) is 0. The van der Waals surface area contributed by atoms with Crippen LogP contribution in [0.15, 0.2) is 42.7 Å². The molecule has 19 heavy (non-hydrogen) atoms. The summed E-state index contributed by atoms with van der Waals surface area (Å²) in [6.07, 6.45) is 8.20. The lowest BCUT2D eigenvalue weighted by atomic mass is 10.1. The summed E-state index contributed by atoms with van der Waals surface area (Å²) in [5.74, 6) is 0. The number of benzene rings is 1. The molecule has 0 radical (unpaired) electrons. The van der Waals surface area contributed by atoms with E-state index in [4.69, 9.17) is 0 Å².